The Balaban J connectivity index is 2.77. The molecular formula is C12H16F2N2O2S. The van der Waals surface area contributed by atoms with Gasteiger partial charge in [0, 0.05) is 18.4 Å². The molecule has 1 aromatic carbocycles. The Morgan fingerprint density at radius 1 is 1.47 bits per heavy atom. The van der Waals surface area contributed by atoms with Crippen molar-refractivity contribution >= 4 is 23.4 Å². The van der Waals surface area contributed by atoms with Gasteiger partial charge in [-0.1, -0.05) is 0 Å². The molecule has 0 radical (unpaired) electrons. The minimum atomic E-state index is -1.10. The van der Waals surface area contributed by atoms with E-state index in [4.69, 9.17) is 5.73 Å². The first-order valence-electron chi connectivity index (χ1n) is 5.51. The molecule has 4 nitrogen and oxygen atoms in total. The van der Waals surface area contributed by atoms with Crippen LogP contribution in [0.15, 0.2) is 12.1 Å². The Bertz CT molecular complexity index is 481. The number of nitrogen functional groups attached to an aromatic ring is 1. The Morgan fingerprint density at radius 2 is 2.11 bits per heavy atom. The topological polar surface area (TPSA) is 75.3 Å². The third kappa shape index (κ3) is 4.36. The standard InChI is InChI=1S/C12H16F2N2O2S/c1-12(18,6-19-2)5-16-11(17)7-3-10(15)9(14)4-8(7)13/h3-4,18H,5-6,15H2,1-2H3,(H,16,17). The number of rotatable bonds is 5. The second-order valence-corrected chi connectivity index (χ2v) is 5.33. The number of thioether (sulfide) groups is 1. The van der Waals surface area contributed by atoms with Crippen molar-refractivity contribution in [2.45, 2.75) is 12.5 Å². The molecule has 0 heterocycles. The summed E-state index contributed by atoms with van der Waals surface area (Å²) in [5.41, 5.74) is 3.53. The molecule has 19 heavy (non-hydrogen) atoms. The van der Waals surface area contributed by atoms with Gasteiger partial charge in [0.15, 0.2) is 0 Å². The molecule has 1 rings (SSSR count). The van der Waals surface area contributed by atoms with E-state index in [2.05, 4.69) is 5.32 Å². The van der Waals surface area contributed by atoms with Crippen LogP contribution in [0.1, 0.15) is 17.3 Å². The zero-order chi connectivity index (χ0) is 14.6. The highest BCUT2D eigenvalue weighted by Gasteiger charge is 2.22. The number of nitrogens with one attached hydrogen (secondary N) is 1. The lowest BCUT2D eigenvalue weighted by molar-refractivity contribution is 0.0722. The van der Waals surface area contributed by atoms with Crippen molar-refractivity contribution < 1.29 is 18.7 Å². The van der Waals surface area contributed by atoms with E-state index in [1.807, 2.05) is 6.26 Å². The monoisotopic (exact) mass is 290 g/mol. The molecule has 0 saturated heterocycles. The normalized spacial score (nSPS) is 13.9. The molecule has 0 aliphatic rings. The maximum atomic E-state index is 13.4. The fourth-order valence-corrected chi connectivity index (χ4v) is 2.19. The van der Waals surface area contributed by atoms with Crippen molar-refractivity contribution in [3.8, 4) is 0 Å². The second kappa shape index (κ2) is 6.21. The third-order valence-corrected chi connectivity index (χ3v) is 3.33. The molecule has 0 saturated carbocycles. The van der Waals surface area contributed by atoms with E-state index in [-0.39, 0.29) is 17.8 Å². The molecule has 0 aromatic heterocycles. The van der Waals surface area contributed by atoms with Gasteiger partial charge in [-0.3, -0.25) is 4.79 Å². The van der Waals surface area contributed by atoms with E-state index in [0.717, 1.165) is 6.07 Å². The molecule has 0 spiro atoms. The summed E-state index contributed by atoms with van der Waals surface area (Å²) in [4.78, 5) is 11.7. The van der Waals surface area contributed by atoms with Crippen LogP contribution in [0, 0.1) is 11.6 Å². The molecule has 1 aromatic rings. The largest absolute Gasteiger partial charge is 0.396 e. The second-order valence-electron chi connectivity index (χ2n) is 4.47. The van der Waals surface area contributed by atoms with Crippen molar-refractivity contribution in [1.29, 1.82) is 0 Å². The van der Waals surface area contributed by atoms with Crippen molar-refractivity contribution in [1.82, 2.24) is 5.32 Å². The lowest BCUT2D eigenvalue weighted by Gasteiger charge is -2.22. The summed E-state index contributed by atoms with van der Waals surface area (Å²) in [7, 11) is 0. The van der Waals surface area contributed by atoms with Crippen LogP contribution in [0.5, 0.6) is 0 Å². The molecule has 1 amide bonds. The number of carbonyl (C=O) groups is 1. The quantitative estimate of drug-likeness (QED) is 0.716. The highest BCUT2D eigenvalue weighted by molar-refractivity contribution is 7.98. The summed E-state index contributed by atoms with van der Waals surface area (Å²) >= 11 is 1.42. The first-order chi connectivity index (χ1) is 8.76. The van der Waals surface area contributed by atoms with Gasteiger partial charge in [0.1, 0.15) is 11.6 Å². The van der Waals surface area contributed by atoms with Crippen LogP contribution < -0.4 is 11.1 Å². The predicted octanol–water partition coefficient (Wildman–Crippen LogP) is 1.39. The number of anilines is 1. The average molecular weight is 290 g/mol. The minimum Gasteiger partial charge on any atom is -0.396 e. The molecule has 7 heteroatoms. The number of benzene rings is 1. The molecule has 0 fully saturated rings. The molecule has 1 unspecified atom stereocenters. The van der Waals surface area contributed by atoms with E-state index in [9.17, 15) is 18.7 Å². The Morgan fingerprint density at radius 3 is 2.68 bits per heavy atom. The number of halogens is 2. The van der Waals surface area contributed by atoms with Crippen LogP contribution in [0.3, 0.4) is 0 Å². The molecular weight excluding hydrogens is 274 g/mol. The van der Waals surface area contributed by atoms with Gasteiger partial charge in [-0.05, 0) is 19.2 Å². The van der Waals surface area contributed by atoms with Crippen LogP contribution >= 0.6 is 11.8 Å². The van der Waals surface area contributed by atoms with Gasteiger partial charge in [-0.15, -0.1) is 0 Å². The summed E-state index contributed by atoms with van der Waals surface area (Å²) in [5.74, 6) is -2.23. The zero-order valence-corrected chi connectivity index (χ0v) is 11.5. The van der Waals surface area contributed by atoms with Gasteiger partial charge in [-0.25, -0.2) is 8.78 Å². The average Bonchev–Trinajstić information content (AvgIpc) is 2.31. The number of nitrogens with two attached hydrogens (primary N) is 1. The van der Waals surface area contributed by atoms with E-state index in [1.54, 1.807) is 6.92 Å². The van der Waals surface area contributed by atoms with Crippen LogP contribution in [0.2, 0.25) is 0 Å². The Labute approximate surface area is 114 Å². The summed E-state index contributed by atoms with van der Waals surface area (Å²) < 4.78 is 26.4. The molecule has 0 aliphatic carbocycles. The van der Waals surface area contributed by atoms with E-state index >= 15 is 0 Å². The van der Waals surface area contributed by atoms with Crippen LogP contribution in [-0.2, 0) is 0 Å². The van der Waals surface area contributed by atoms with Gasteiger partial charge in [-0.2, -0.15) is 11.8 Å². The molecule has 4 N–H and O–H groups in total. The van der Waals surface area contributed by atoms with Crippen molar-refractivity contribution in [3.05, 3.63) is 29.3 Å². The van der Waals surface area contributed by atoms with Gasteiger partial charge in [0.25, 0.3) is 5.91 Å². The van der Waals surface area contributed by atoms with E-state index in [0.29, 0.717) is 11.8 Å². The molecule has 106 valence electrons. The fraction of sp³-hybridized carbons (Fsp3) is 0.417. The third-order valence-electron chi connectivity index (χ3n) is 2.42. The zero-order valence-electron chi connectivity index (χ0n) is 10.7. The van der Waals surface area contributed by atoms with Gasteiger partial charge in [0.05, 0.1) is 16.9 Å². The van der Waals surface area contributed by atoms with Gasteiger partial charge >= 0.3 is 0 Å². The summed E-state index contributed by atoms with van der Waals surface area (Å²) in [6.45, 7) is 1.52. The summed E-state index contributed by atoms with van der Waals surface area (Å²) in [5, 5.41) is 12.3. The van der Waals surface area contributed by atoms with Crippen molar-refractivity contribution in [2.24, 2.45) is 0 Å². The van der Waals surface area contributed by atoms with Crippen molar-refractivity contribution in [3.63, 3.8) is 0 Å². The van der Waals surface area contributed by atoms with Gasteiger partial charge < -0.3 is 16.2 Å². The highest BCUT2D eigenvalue weighted by atomic mass is 32.2. The maximum absolute atomic E-state index is 13.4. The number of hydrogen-bond donors (Lipinski definition) is 3. The minimum absolute atomic E-state index is 0.0383. The highest BCUT2D eigenvalue weighted by Crippen LogP contribution is 2.17. The fourth-order valence-electron chi connectivity index (χ4n) is 1.47. The Kier molecular flexibility index (Phi) is 5.13. The van der Waals surface area contributed by atoms with Crippen molar-refractivity contribution in [2.75, 3.05) is 24.3 Å². The Hall–Kier alpha value is -1.34. The van der Waals surface area contributed by atoms with Gasteiger partial charge in [0.2, 0.25) is 0 Å². The van der Waals surface area contributed by atoms with Crippen LogP contribution in [0.4, 0.5) is 14.5 Å². The molecule has 0 aliphatic heterocycles. The van der Waals surface area contributed by atoms with E-state index < -0.39 is 23.1 Å². The maximum Gasteiger partial charge on any atom is 0.254 e. The smallest absolute Gasteiger partial charge is 0.254 e. The van der Waals surface area contributed by atoms with Crippen LogP contribution in [0.25, 0.3) is 0 Å². The lowest BCUT2D eigenvalue weighted by Crippen LogP contribution is -2.42. The first-order valence-corrected chi connectivity index (χ1v) is 6.90. The number of carbonyl (C=O) groups excluding carboxylic acids is 1. The predicted molar refractivity (Wildman–Crippen MR) is 72.1 cm³/mol. The number of amides is 1. The first kappa shape index (κ1) is 15.7. The SMILES string of the molecule is CSCC(C)(O)CNC(=O)c1cc(N)c(F)cc1F. The summed E-state index contributed by atoms with van der Waals surface area (Å²) in [6.07, 6.45) is 1.82. The lowest BCUT2D eigenvalue weighted by atomic mass is 10.1. The molecule has 0 bridgehead atoms. The number of aliphatic hydroxyl groups is 1. The molecule has 1 atom stereocenters. The summed E-state index contributed by atoms with van der Waals surface area (Å²) in [6, 6.07) is 1.49. The number of hydrogen-bond acceptors (Lipinski definition) is 4. The van der Waals surface area contributed by atoms with E-state index in [1.165, 1.54) is 11.8 Å². The van der Waals surface area contributed by atoms with Crippen LogP contribution in [-0.4, -0.2) is 35.2 Å².